The van der Waals surface area contributed by atoms with E-state index in [0.29, 0.717) is 5.69 Å². The number of benzene rings is 1. The zero-order valence-corrected chi connectivity index (χ0v) is 18.2. The third-order valence-corrected chi connectivity index (χ3v) is 5.40. The van der Waals surface area contributed by atoms with Gasteiger partial charge in [-0.3, -0.25) is 18.7 Å². The molecule has 1 amide bonds. The molecule has 3 rings (SSSR count). The lowest BCUT2D eigenvalue weighted by molar-refractivity contribution is -0.116. The van der Waals surface area contributed by atoms with Gasteiger partial charge >= 0.3 is 5.69 Å². The van der Waals surface area contributed by atoms with Gasteiger partial charge < -0.3 is 20.3 Å². The molecule has 0 bridgehead atoms. The minimum atomic E-state index is -0.929. The number of aliphatic hydroxyl groups is 2. The minimum absolute atomic E-state index is 0.0204. The number of nitrogens with zero attached hydrogens (tertiary/aromatic N) is 2. The molecule has 1 fully saturated rings. The van der Waals surface area contributed by atoms with Crippen LogP contribution in [0.5, 0.6) is 0 Å². The molecule has 0 aliphatic carbocycles. The van der Waals surface area contributed by atoms with Crippen molar-refractivity contribution < 1.29 is 19.7 Å². The fourth-order valence-corrected chi connectivity index (χ4v) is 3.55. The third kappa shape index (κ3) is 4.95. The van der Waals surface area contributed by atoms with Crippen LogP contribution in [0.3, 0.4) is 0 Å². The zero-order chi connectivity index (χ0) is 22.9. The summed E-state index contributed by atoms with van der Waals surface area (Å²) in [5.41, 5.74) is 0.622. The van der Waals surface area contributed by atoms with Crippen molar-refractivity contribution in [1.82, 2.24) is 9.13 Å². The fourth-order valence-electron chi connectivity index (χ4n) is 3.55. The van der Waals surface area contributed by atoms with Crippen molar-refractivity contribution in [2.24, 2.45) is 0 Å². The lowest BCUT2D eigenvalue weighted by Crippen LogP contribution is -2.44. The summed E-state index contributed by atoms with van der Waals surface area (Å²) >= 11 is 0. The average Bonchev–Trinajstić information content (AvgIpc) is 3.08. The summed E-state index contributed by atoms with van der Waals surface area (Å²) in [5.74, 6) is -0.513. The fraction of sp³-hybridized carbons (Fsp3) is 0.500. The van der Waals surface area contributed by atoms with Gasteiger partial charge in [-0.15, -0.1) is 0 Å². The lowest BCUT2D eigenvalue weighted by atomic mass is 9.87. The van der Waals surface area contributed by atoms with Crippen molar-refractivity contribution in [3.8, 4) is 0 Å². The molecule has 0 radical (unpaired) electrons. The van der Waals surface area contributed by atoms with Crippen LogP contribution in [0, 0.1) is 6.92 Å². The molecule has 0 saturated carbocycles. The van der Waals surface area contributed by atoms with Gasteiger partial charge in [0.1, 0.15) is 18.9 Å². The Balaban J connectivity index is 1.81. The van der Waals surface area contributed by atoms with Crippen LogP contribution in [-0.4, -0.2) is 44.1 Å². The number of amides is 1. The van der Waals surface area contributed by atoms with Crippen LogP contribution >= 0.6 is 0 Å². The summed E-state index contributed by atoms with van der Waals surface area (Å²) in [7, 11) is 0. The first kappa shape index (κ1) is 22.9. The second-order valence-electron chi connectivity index (χ2n) is 8.88. The van der Waals surface area contributed by atoms with Crippen LogP contribution in [0.2, 0.25) is 0 Å². The van der Waals surface area contributed by atoms with E-state index >= 15 is 0 Å². The normalized spacial score (nSPS) is 21.3. The maximum Gasteiger partial charge on any atom is 0.333 e. The van der Waals surface area contributed by atoms with Crippen molar-refractivity contribution in [2.75, 3.05) is 11.9 Å². The molecule has 31 heavy (non-hydrogen) atoms. The number of rotatable bonds is 5. The largest absolute Gasteiger partial charge is 0.394 e. The minimum Gasteiger partial charge on any atom is -0.394 e. The van der Waals surface area contributed by atoms with Crippen LogP contribution in [-0.2, 0) is 21.5 Å². The molecule has 1 saturated heterocycles. The molecule has 0 spiro atoms. The number of anilines is 1. The van der Waals surface area contributed by atoms with Crippen molar-refractivity contribution in [3.05, 3.63) is 62.4 Å². The quantitative estimate of drug-likeness (QED) is 0.646. The van der Waals surface area contributed by atoms with Gasteiger partial charge in [0, 0.05) is 23.9 Å². The van der Waals surface area contributed by atoms with Crippen LogP contribution < -0.4 is 16.6 Å². The molecular weight excluding hydrogens is 402 g/mol. The zero-order valence-electron chi connectivity index (χ0n) is 18.2. The van der Waals surface area contributed by atoms with E-state index in [0.717, 1.165) is 10.1 Å². The molecule has 2 heterocycles. The molecular formula is C22H29N3O6. The summed E-state index contributed by atoms with van der Waals surface area (Å²) < 4.78 is 7.55. The topological polar surface area (TPSA) is 123 Å². The number of carbonyl (C=O) groups is 1. The van der Waals surface area contributed by atoms with Crippen LogP contribution in [0.1, 0.15) is 44.5 Å². The standard InChI is InChI=1S/C22H29N3O6/c1-13-10-24(19-9-16(27)17(12-26)31-19)21(30)25(20(13)29)11-18(28)23-15-7-5-14(6-8-15)22(2,3)4/h5-8,10,16-17,19,26-27H,9,11-12H2,1-4H3,(H,23,28)/t16-,17-,19+/m1/s1. The predicted molar refractivity (Wildman–Crippen MR) is 115 cm³/mol. The van der Waals surface area contributed by atoms with Crippen LogP contribution in [0.15, 0.2) is 40.1 Å². The summed E-state index contributed by atoms with van der Waals surface area (Å²) in [6, 6.07) is 7.39. The van der Waals surface area contributed by atoms with Gasteiger partial charge in [0.05, 0.1) is 12.7 Å². The molecule has 1 aliphatic rings. The average molecular weight is 431 g/mol. The van der Waals surface area contributed by atoms with Gasteiger partial charge in [-0.25, -0.2) is 4.79 Å². The summed E-state index contributed by atoms with van der Waals surface area (Å²) in [5, 5.41) is 21.9. The number of aromatic nitrogens is 2. The molecule has 2 aromatic rings. The molecule has 168 valence electrons. The van der Waals surface area contributed by atoms with Crippen molar-refractivity contribution in [3.63, 3.8) is 0 Å². The van der Waals surface area contributed by atoms with E-state index in [2.05, 4.69) is 26.1 Å². The van der Waals surface area contributed by atoms with Crippen LogP contribution in [0.25, 0.3) is 0 Å². The first-order valence-corrected chi connectivity index (χ1v) is 10.2. The maximum absolute atomic E-state index is 12.9. The number of aliphatic hydroxyl groups excluding tert-OH is 2. The van der Waals surface area contributed by atoms with E-state index in [-0.39, 0.29) is 24.0 Å². The molecule has 1 aromatic carbocycles. The van der Waals surface area contributed by atoms with E-state index in [4.69, 9.17) is 4.74 Å². The predicted octanol–water partition coefficient (Wildman–Crippen LogP) is 0.895. The monoisotopic (exact) mass is 431 g/mol. The Kier molecular flexibility index (Phi) is 6.49. The van der Waals surface area contributed by atoms with E-state index < -0.39 is 42.1 Å². The maximum atomic E-state index is 12.9. The van der Waals surface area contributed by atoms with E-state index in [1.165, 1.54) is 17.7 Å². The van der Waals surface area contributed by atoms with Gasteiger partial charge in [0.25, 0.3) is 5.56 Å². The Labute approximate surface area is 179 Å². The SMILES string of the molecule is Cc1cn([C@@H]2C[C@@H](O)[C@@H](CO)O2)c(=O)n(CC(=O)Nc2ccc(C(C)(C)C)cc2)c1=O. The Morgan fingerprint density at radius 2 is 1.87 bits per heavy atom. The summed E-state index contributed by atoms with van der Waals surface area (Å²) in [6.07, 6.45) is -1.13. The Morgan fingerprint density at radius 1 is 1.23 bits per heavy atom. The molecule has 3 N–H and O–H groups in total. The number of hydrogen-bond acceptors (Lipinski definition) is 6. The van der Waals surface area contributed by atoms with Gasteiger partial charge in [0.2, 0.25) is 5.91 Å². The van der Waals surface area contributed by atoms with Gasteiger partial charge in [-0.2, -0.15) is 0 Å². The number of aryl methyl sites for hydroxylation is 1. The van der Waals surface area contributed by atoms with E-state index in [1.54, 1.807) is 12.1 Å². The summed E-state index contributed by atoms with van der Waals surface area (Å²) in [6.45, 7) is 6.95. The van der Waals surface area contributed by atoms with Crippen LogP contribution in [0.4, 0.5) is 5.69 Å². The molecule has 0 unspecified atom stereocenters. The smallest absolute Gasteiger partial charge is 0.333 e. The highest BCUT2D eigenvalue weighted by atomic mass is 16.5. The summed E-state index contributed by atoms with van der Waals surface area (Å²) in [4.78, 5) is 38.0. The Hall–Kier alpha value is -2.75. The molecule has 9 nitrogen and oxygen atoms in total. The number of hydrogen-bond donors (Lipinski definition) is 3. The first-order valence-electron chi connectivity index (χ1n) is 10.2. The number of nitrogens with one attached hydrogen (secondary N) is 1. The Bertz CT molecular complexity index is 1060. The number of ether oxygens (including phenoxy) is 1. The molecule has 3 atom stereocenters. The van der Waals surface area contributed by atoms with Gasteiger partial charge in [0.15, 0.2) is 0 Å². The lowest BCUT2D eigenvalue weighted by Gasteiger charge is -2.19. The van der Waals surface area contributed by atoms with Crippen molar-refractivity contribution in [1.29, 1.82) is 0 Å². The number of carbonyl (C=O) groups excluding carboxylic acids is 1. The van der Waals surface area contributed by atoms with Crippen molar-refractivity contribution in [2.45, 2.75) is 64.5 Å². The molecule has 9 heteroatoms. The second-order valence-corrected chi connectivity index (χ2v) is 8.88. The van der Waals surface area contributed by atoms with E-state index in [1.807, 2.05) is 12.1 Å². The highest BCUT2D eigenvalue weighted by Gasteiger charge is 2.35. The van der Waals surface area contributed by atoms with E-state index in [9.17, 15) is 24.6 Å². The molecule has 1 aromatic heterocycles. The van der Waals surface area contributed by atoms with Gasteiger partial charge in [-0.1, -0.05) is 32.9 Å². The van der Waals surface area contributed by atoms with Crippen molar-refractivity contribution >= 4 is 11.6 Å². The third-order valence-electron chi connectivity index (χ3n) is 5.40. The second kappa shape index (κ2) is 8.78. The first-order chi connectivity index (χ1) is 14.5. The molecule has 1 aliphatic heterocycles. The van der Waals surface area contributed by atoms with Gasteiger partial charge in [-0.05, 0) is 30.0 Å². The highest BCUT2D eigenvalue weighted by molar-refractivity contribution is 5.90. The Morgan fingerprint density at radius 3 is 2.42 bits per heavy atom. The highest BCUT2D eigenvalue weighted by Crippen LogP contribution is 2.27.